The SMILES string of the molecule is CC(C)(C)c1cc(NC(=O)NCc2ccccc2Oc2ccnc(N3CCOCC3)n2)n(-c2cccc(S(=O)(=O)C(F)(F)F)c2)n1. The molecule has 0 atom stereocenters. The van der Waals surface area contributed by atoms with Gasteiger partial charge in [0.1, 0.15) is 11.6 Å². The summed E-state index contributed by atoms with van der Waals surface area (Å²) in [6, 6.07) is 13.9. The van der Waals surface area contributed by atoms with E-state index in [0.29, 0.717) is 55.1 Å². The van der Waals surface area contributed by atoms with E-state index in [0.717, 1.165) is 12.1 Å². The maximum atomic E-state index is 13.2. The van der Waals surface area contributed by atoms with Crippen LogP contribution in [0, 0.1) is 0 Å². The molecule has 46 heavy (non-hydrogen) atoms. The Hall–Kier alpha value is -4.70. The third-order valence-corrected chi connectivity index (χ3v) is 8.42. The van der Waals surface area contributed by atoms with Crippen LogP contribution in [-0.2, 0) is 26.5 Å². The molecule has 0 bridgehead atoms. The average molecular weight is 660 g/mol. The monoisotopic (exact) mass is 659 g/mol. The number of urea groups is 1. The molecule has 2 N–H and O–H groups in total. The summed E-state index contributed by atoms with van der Waals surface area (Å²) in [5, 5.41) is 9.89. The van der Waals surface area contributed by atoms with Gasteiger partial charge in [-0.05, 0) is 24.3 Å². The van der Waals surface area contributed by atoms with Crippen LogP contribution in [0.15, 0.2) is 71.8 Å². The van der Waals surface area contributed by atoms with Crippen molar-refractivity contribution in [3.05, 3.63) is 78.1 Å². The molecule has 2 amide bonds. The Balaban J connectivity index is 1.33. The normalized spacial score (nSPS) is 14.2. The Kier molecular flexibility index (Phi) is 9.21. The number of anilines is 2. The molecule has 1 saturated heterocycles. The molecule has 4 aromatic rings. The van der Waals surface area contributed by atoms with Gasteiger partial charge in [0.25, 0.3) is 9.84 Å². The third kappa shape index (κ3) is 7.39. The Morgan fingerprint density at radius 2 is 1.76 bits per heavy atom. The summed E-state index contributed by atoms with van der Waals surface area (Å²) in [7, 11) is -5.61. The minimum absolute atomic E-state index is 0.0103. The molecule has 0 aliphatic carbocycles. The van der Waals surface area contributed by atoms with Crippen LogP contribution in [0.2, 0.25) is 0 Å². The van der Waals surface area contributed by atoms with Crippen molar-refractivity contribution in [2.75, 3.05) is 36.5 Å². The molecule has 16 heteroatoms. The van der Waals surface area contributed by atoms with Crippen LogP contribution in [-0.4, -0.2) is 66.0 Å². The second kappa shape index (κ2) is 13.0. The number of carbonyl (C=O) groups is 1. The number of rotatable bonds is 8. The first-order valence-electron chi connectivity index (χ1n) is 14.2. The maximum Gasteiger partial charge on any atom is 0.501 e. The Morgan fingerprint density at radius 3 is 2.48 bits per heavy atom. The Labute approximate surface area is 263 Å². The van der Waals surface area contributed by atoms with Crippen LogP contribution in [0.5, 0.6) is 11.6 Å². The third-order valence-electron chi connectivity index (χ3n) is 6.93. The minimum Gasteiger partial charge on any atom is -0.439 e. The van der Waals surface area contributed by atoms with E-state index in [1.807, 2.05) is 25.7 Å². The van der Waals surface area contributed by atoms with Gasteiger partial charge in [0.15, 0.2) is 0 Å². The van der Waals surface area contributed by atoms with Crippen LogP contribution in [0.4, 0.5) is 29.7 Å². The topological polar surface area (TPSA) is 141 Å². The summed E-state index contributed by atoms with van der Waals surface area (Å²) in [5.41, 5.74) is -4.83. The van der Waals surface area contributed by atoms with Crippen molar-refractivity contribution in [2.24, 2.45) is 0 Å². The van der Waals surface area contributed by atoms with Gasteiger partial charge in [-0.3, -0.25) is 5.32 Å². The quantitative estimate of drug-likeness (QED) is 0.261. The highest BCUT2D eigenvalue weighted by Gasteiger charge is 2.47. The largest absolute Gasteiger partial charge is 0.501 e. The second-order valence-electron chi connectivity index (χ2n) is 11.3. The van der Waals surface area contributed by atoms with Gasteiger partial charge in [-0.25, -0.2) is 22.9 Å². The lowest BCUT2D eigenvalue weighted by Gasteiger charge is -2.26. The summed E-state index contributed by atoms with van der Waals surface area (Å²) in [6.45, 7) is 8.13. The highest BCUT2D eigenvalue weighted by molar-refractivity contribution is 7.92. The molecule has 0 radical (unpaired) electrons. The molecule has 12 nitrogen and oxygen atoms in total. The molecule has 0 spiro atoms. The molecule has 2 aromatic heterocycles. The van der Waals surface area contributed by atoms with Gasteiger partial charge >= 0.3 is 11.5 Å². The predicted molar refractivity (Wildman–Crippen MR) is 163 cm³/mol. The fraction of sp³-hybridized carbons (Fsp3) is 0.333. The number of carbonyl (C=O) groups excluding carboxylic acids is 1. The number of nitrogens with one attached hydrogen (secondary N) is 2. The zero-order chi connectivity index (χ0) is 33.1. The number of hydrogen-bond acceptors (Lipinski definition) is 9. The van der Waals surface area contributed by atoms with Crippen LogP contribution in [0.25, 0.3) is 5.69 Å². The van der Waals surface area contributed by atoms with Crippen molar-refractivity contribution in [1.29, 1.82) is 0 Å². The zero-order valence-corrected chi connectivity index (χ0v) is 26.0. The molecule has 1 fully saturated rings. The first-order valence-corrected chi connectivity index (χ1v) is 15.7. The van der Waals surface area contributed by atoms with Crippen LogP contribution < -0.4 is 20.3 Å². The first-order chi connectivity index (χ1) is 21.7. The van der Waals surface area contributed by atoms with Crippen molar-refractivity contribution in [2.45, 2.75) is 43.1 Å². The first kappa shape index (κ1) is 32.7. The van der Waals surface area contributed by atoms with E-state index >= 15 is 0 Å². The number of benzene rings is 2. The number of ether oxygens (including phenoxy) is 2. The van der Waals surface area contributed by atoms with Crippen LogP contribution in [0.1, 0.15) is 32.0 Å². The molecule has 5 rings (SSSR count). The minimum atomic E-state index is -5.61. The maximum absolute atomic E-state index is 13.2. The summed E-state index contributed by atoms with van der Waals surface area (Å²) in [4.78, 5) is 23.0. The molecule has 2 aromatic carbocycles. The summed E-state index contributed by atoms with van der Waals surface area (Å²) >= 11 is 0. The van der Waals surface area contributed by atoms with Gasteiger partial charge in [-0.2, -0.15) is 23.3 Å². The fourth-order valence-electron chi connectivity index (χ4n) is 4.45. The number of alkyl halides is 3. The summed E-state index contributed by atoms with van der Waals surface area (Å²) < 4.78 is 76.5. The second-order valence-corrected chi connectivity index (χ2v) is 13.3. The van der Waals surface area contributed by atoms with Gasteiger partial charge in [0, 0.05) is 48.9 Å². The summed E-state index contributed by atoms with van der Waals surface area (Å²) in [6.07, 6.45) is 1.60. The molecule has 0 saturated carbocycles. The Bertz CT molecular complexity index is 1820. The molecule has 3 heterocycles. The lowest BCUT2D eigenvalue weighted by molar-refractivity contribution is -0.0436. The number of amides is 2. The van der Waals surface area contributed by atoms with E-state index in [-0.39, 0.29) is 18.1 Å². The van der Waals surface area contributed by atoms with Gasteiger partial charge in [-0.15, -0.1) is 0 Å². The number of morpholine rings is 1. The molecular weight excluding hydrogens is 627 g/mol. The highest BCUT2D eigenvalue weighted by Crippen LogP contribution is 2.32. The van der Waals surface area contributed by atoms with Crippen LogP contribution >= 0.6 is 0 Å². The number of hydrogen-bond donors (Lipinski definition) is 2. The number of aromatic nitrogens is 4. The van der Waals surface area contributed by atoms with E-state index in [4.69, 9.17) is 9.47 Å². The van der Waals surface area contributed by atoms with E-state index in [2.05, 4.69) is 25.7 Å². The number of nitrogens with zero attached hydrogens (tertiary/aromatic N) is 5. The smallest absolute Gasteiger partial charge is 0.439 e. The number of para-hydroxylation sites is 1. The standard InChI is InChI=1S/C30H32F3N7O5S/c1-29(2,3)24-18-25(40(38-24)21-8-6-9-22(17-21)46(42,43)30(31,32)33)36-28(41)35-19-20-7-4-5-10-23(20)45-26-11-12-34-27(37-26)39-13-15-44-16-14-39/h4-12,17-18H,13-16,19H2,1-3H3,(H2,35,36,41). The molecule has 244 valence electrons. The van der Waals surface area contributed by atoms with Gasteiger partial charge in [0.2, 0.25) is 11.8 Å². The van der Waals surface area contributed by atoms with Crippen molar-refractivity contribution in [3.8, 4) is 17.3 Å². The fourth-order valence-corrected chi connectivity index (χ4v) is 5.25. The summed E-state index contributed by atoms with van der Waals surface area (Å²) in [5.74, 6) is 1.41. The number of halogens is 3. The lowest BCUT2D eigenvalue weighted by Crippen LogP contribution is -2.37. The van der Waals surface area contributed by atoms with Crippen LogP contribution in [0.3, 0.4) is 0 Å². The van der Waals surface area contributed by atoms with Crippen molar-refractivity contribution in [1.82, 2.24) is 25.1 Å². The molecule has 1 aliphatic rings. The van der Waals surface area contributed by atoms with E-state index in [9.17, 15) is 26.4 Å². The Morgan fingerprint density at radius 1 is 1.02 bits per heavy atom. The molecular formula is C30H32F3N7O5S. The molecule has 0 unspecified atom stereocenters. The van der Waals surface area contributed by atoms with E-state index in [1.54, 1.807) is 42.6 Å². The van der Waals surface area contributed by atoms with E-state index in [1.165, 1.54) is 16.8 Å². The van der Waals surface area contributed by atoms with E-state index < -0.39 is 31.7 Å². The lowest BCUT2D eigenvalue weighted by atomic mass is 9.92. The van der Waals surface area contributed by atoms with Crippen molar-refractivity contribution in [3.63, 3.8) is 0 Å². The predicted octanol–water partition coefficient (Wildman–Crippen LogP) is 5.20. The van der Waals surface area contributed by atoms with Crippen molar-refractivity contribution < 1.29 is 35.9 Å². The number of sulfone groups is 1. The zero-order valence-electron chi connectivity index (χ0n) is 25.2. The van der Waals surface area contributed by atoms with Gasteiger partial charge in [-0.1, -0.05) is 45.0 Å². The van der Waals surface area contributed by atoms with Gasteiger partial charge in [0.05, 0.1) is 29.5 Å². The van der Waals surface area contributed by atoms with Crippen molar-refractivity contribution >= 4 is 27.6 Å². The average Bonchev–Trinajstić information content (AvgIpc) is 3.45. The highest BCUT2D eigenvalue weighted by atomic mass is 32.2. The molecule has 1 aliphatic heterocycles. The van der Waals surface area contributed by atoms with Gasteiger partial charge < -0.3 is 19.7 Å².